The minimum atomic E-state index is 0.705. The van der Waals surface area contributed by atoms with Crippen LogP contribution in [0.3, 0.4) is 0 Å². The molecular weight excluding hydrogens is 132 g/mol. The standard InChI is InChI=1S/C11H16/c1-2-3-4-5-8-11-9-6-7-10-11/h3-4,11H,2,6-7,9-10H2,1H3/b4-3+. The minimum absolute atomic E-state index is 0.705. The van der Waals surface area contributed by atoms with E-state index in [4.69, 9.17) is 0 Å². The van der Waals surface area contributed by atoms with Crippen LogP contribution in [0, 0.1) is 17.8 Å². The first-order valence-corrected chi connectivity index (χ1v) is 4.59. The number of rotatable bonds is 1. The van der Waals surface area contributed by atoms with Gasteiger partial charge in [0.05, 0.1) is 0 Å². The molecule has 0 spiro atoms. The number of hydrogen-bond acceptors (Lipinski definition) is 0. The fraction of sp³-hybridized carbons (Fsp3) is 0.636. The van der Waals surface area contributed by atoms with Crippen LogP contribution in [0.25, 0.3) is 0 Å². The van der Waals surface area contributed by atoms with Crippen LogP contribution in [0.15, 0.2) is 12.2 Å². The molecule has 0 saturated heterocycles. The molecule has 1 saturated carbocycles. The maximum Gasteiger partial charge on any atom is 0.0206 e. The van der Waals surface area contributed by atoms with Gasteiger partial charge in [-0.05, 0) is 25.3 Å². The van der Waals surface area contributed by atoms with Crippen molar-refractivity contribution < 1.29 is 0 Å². The zero-order valence-corrected chi connectivity index (χ0v) is 7.27. The van der Waals surface area contributed by atoms with Gasteiger partial charge in [0.1, 0.15) is 0 Å². The number of allylic oxidation sites excluding steroid dienone is 2. The van der Waals surface area contributed by atoms with Crippen molar-refractivity contribution in [2.24, 2.45) is 5.92 Å². The highest BCUT2D eigenvalue weighted by atomic mass is 14.1. The Labute approximate surface area is 69.7 Å². The second-order valence-corrected chi connectivity index (χ2v) is 3.08. The summed E-state index contributed by atoms with van der Waals surface area (Å²) in [7, 11) is 0. The van der Waals surface area contributed by atoms with Crippen LogP contribution in [0.5, 0.6) is 0 Å². The molecule has 0 aromatic rings. The molecule has 0 nitrogen and oxygen atoms in total. The minimum Gasteiger partial charge on any atom is -0.0951 e. The Kier molecular flexibility index (Phi) is 3.83. The van der Waals surface area contributed by atoms with E-state index in [1.165, 1.54) is 25.7 Å². The summed E-state index contributed by atoms with van der Waals surface area (Å²) in [4.78, 5) is 0. The van der Waals surface area contributed by atoms with Crippen molar-refractivity contribution in [3.63, 3.8) is 0 Å². The second kappa shape index (κ2) is 5.02. The predicted octanol–water partition coefficient (Wildman–Crippen LogP) is 3.15. The fourth-order valence-corrected chi connectivity index (χ4v) is 1.41. The van der Waals surface area contributed by atoms with Gasteiger partial charge in [-0.1, -0.05) is 37.7 Å². The van der Waals surface area contributed by atoms with Crippen LogP contribution >= 0.6 is 0 Å². The van der Waals surface area contributed by atoms with Gasteiger partial charge in [-0.15, -0.1) is 0 Å². The molecule has 0 amide bonds. The normalized spacial score (nSPS) is 18.6. The maximum atomic E-state index is 3.28. The van der Waals surface area contributed by atoms with Crippen molar-refractivity contribution in [1.82, 2.24) is 0 Å². The van der Waals surface area contributed by atoms with Crippen LogP contribution in [-0.4, -0.2) is 0 Å². The molecule has 0 aromatic carbocycles. The first-order chi connectivity index (χ1) is 5.43. The lowest BCUT2D eigenvalue weighted by molar-refractivity contribution is 0.712. The highest BCUT2D eigenvalue weighted by Crippen LogP contribution is 2.23. The Balaban J connectivity index is 2.25. The van der Waals surface area contributed by atoms with Gasteiger partial charge in [0.25, 0.3) is 0 Å². The third kappa shape index (κ3) is 3.28. The summed E-state index contributed by atoms with van der Waals surface area (Å²) in [6.45, 7) is 2.13. The first kappa shape index (κ1) is 8.40. The predicted molar refractivity (Wildman–Crippen MR) is 49.2 cm³/mol. The highest BCUT2D eigenvalue weighted by molar-refractivity contribution is 5.17. The Morgan fingerprint density at radius 2 is 2.09 bits per heavy atom. The summed E-state index contributed by atoms with van der Waals surface area (Å²) in [5, 5.41) is 0. The highest BCUT2D eigenvalue weighted by Gasteiger charge is 2.10. The molecule has 60 valence electrons. The topological polar surface area (TPSA) is 0 Å². The molecule has 0 aliphatic heterocycles. The summed E-state index contributed by atoms with van der Waals surface area (Å²) in [6, 6.07) is 0. The van der Waals surface area contributed by atoms with Gasteiger partial charge in [0.2, 0.25) is 0 Å². The summed E-state index contributed by atoms with van der Waals surface area (Å²) in [5.41, 5.74) is 0. The molecule has 0 atom stereocenters. The Hall–Kier alpha value is -0.700. The van der Waals surface area contributed by atoms with E-state index >= 15 is 0 Å². The molecule has 1 rings (SSSR count). The van der Waals surface area contributed by atoms with Crippen LogP contribution < -0.4 is 0 Å². The van der Waals surface area contributed by atoms with Crippen molar-refractivity contribution in [2.75, 3.05) is 0 Å². The van der Waals surface area contributed by atoms with E-state index in [1.54, 1.807) is 0 Å². The SMILES string of the molecule is CC/C=C/C#CC1CCCC1. The van der Waals surface area contributed by atoms with Crippen LogP contribution in [0.1, 0.15) is 39.0 Å². The van der Waals surface area contributed by atoms with Crippen molar-refractivity contribution in [1.29, 1.82) is 0 Å². The molecule has 1 aliphatic rings. The lowest BCUT2D eigenvalue weighted by Crippen LogP contribution is -1.84. The smallest absolute Gasteiger partial charge is 0.0206 e. The Morgan fingerprint density at radius 3 is 2.73 bits per heavy atom. The van der Waals surface area contributed by atoms with E-state index in [-0.39, 0.29) is 0 Å². The second-order valence-electron chi connectivity index (χ2n) is 3.08. The van der Waals surface area contributed by atoms with E-state index in [0.29, 0.717) is 5.92 Å². The fourth-order valence-electron chi connectivity index (χ4n) is 1.41. The van der Waals surface area contributed by atoms with E-state index < -0.39 is 0 Å². The third-order valence-electron chi connectivity index (χ3n) is 2.08. The molecule has 0 unspecified atom stereocenters. The van der Waals surface area contributed by atoms with Gasteiger partial charge >= 0.3 is 0 Å². The maximum absolute atomic E-state index is 3.28. The molecular formula is C11H16. The van der Waals surface area contributed by atoms with Crippen LogP contribution in [0.4, 0.5) is 0 Å². The van der Waals surface area contributed by atoms with Gasteiger partial charge in [-0.25, -0.2) is 0 Å². The molecule has 0 N–H and O–H groups in total. The summed E-state index contributed by atoms with van der Waals surface area (Å²) >= 11 is 0. The average molecular weight is 148 g/mol. The third-order valence-corrected chi connectivity index (χ3v) is 2.08. The first-order valence-electron chi connectivity index (χ1n) is 4.59. The molecule has 11 heavy (non-hydrogen) atoms. The molecule has 1 fully saturated rings. The zero-order chi connectivity index (χ0) is 7.94. The lowest BCUT2D eigenvalue weighted by Gasteiger charge is -1.93. The summed E-state index contributed by atoms with van der Waals surface area (Å²) in [5.74, 6) is 7.08. The van der Waals surface area contributed by atoms with Crippen LogP contribution in [0.2, 0.25) is 0 Å². The number of hydrogen-bond donors (Lipinski definition) is 0. The lowest BCUT2D eigenvalue weighted by atomic mass is 10.1. The quantitative estimate of drug-likeness (QED) is 0.501. The molecule has 0 heterocycles. The van der Waals surface area contributed by atoms with Gasteiger partial charge in [-0.2, -0.15) is 0 Å². The van der Waals surface area contributed by atoms with Crippen LogP contribution in [-0.2, 0) is 0 Å². The van der Waals surface area contributed by atoms with Crippen molar-refractivity contribution in [3.05, 3.63) is 12.2 Å². The van der Waals surface area contributed by atoms with Crippen molar-refractivity contribution >= 4 is 0 Å². The van der Waals surface area contributed by atoms with Gasteiger partial charge in [0, 0.05) is 5.92 Å². The van der Waals surface area contributed by atoms with Crippen molar-refractivity contribution in [2.45, 2.75) is 39.0 Å². The Morgan fingerprint density at radius 1 is 1.36 bits per heavy atom. The average Bonchev–Trinajstić information content (AvgIpc) is 2.50. The van der Waals surface area contributed by atoms with E-state index in [9.17, 15) is 0 Å². The monoisotopic (exact) mass is 148 g/mol. The molecule has 1 aliphatic carbocycles. The zero-order valence-electron chi connectivity index (χ0n) is 7.27. The van der Waals surface area contributed by atoms with Gasteiger partial charge < -0.3 is 0 Å². The molecule has 0 radical (unpaired) electrons. The van der Waals surface area contributed by atoms with E-state index in [0.717, 1.165) is 6.42 Å². The van der Waals surface area contributed by atoms with E-state index in [1.807, 2.05) is 6.08 Å². The largest absolute Gasteiger partial charge is 0.0951 e. The molecule has 0 aromatic heterocycles. The Bertz CT molecular complexity index is 172. The van der Waals surface area contributed by atoms with Gasteiger partial charge in [0.15, 0.2) is 0 Å². The van der Waals surface area contributed by atoms with Crippen molar-refractivity contribution in [3.8, 4) is 11.8 Å². The van der Waals surface area contributed by atoms with Gasteiger partial charge in [-0.3, -0.25) is 0 Å². The molecule has 0 heteroatoms. The van der Waals surface area contributed by atoms with E-state index in [2.05, 4.69) is 24.8 Å². The molecule has 0 bridgehead atoms. The summed E-state index contributed by atoms with van der Waals surface area (Å²) < 4.78 is 0. The summed E-state index contributed by atoms with van der Waals surface area (Å²) in [6.07, 6.45) is 10.6.